The Morgan fingerprint density at radius 1 is 1.00 bits per heavy atom. The molecule has 0 aromatic heterocycles. The van der Waals surface area contributed by atoms with Crippen molar-refractivity contribution in [2.24, 2.45) is 5.84 Å². The van der Waals surface area contributed by atoms with Crippen LogP contribution in [0.4, 0.5) is 0 Å². The normalized spacial score (nSPS) is 12.4. The number of hydrogen-bond acceptors (Lipinski definition) is 2. The average Bonchev–Trinajstić information content (AvgIpc) is 2.43. The second kappa shape index (κ2) is 7.09. The monoisotopic (exact) mass is 308 g/mol. The molecule has 0 saturated heterocycles. The SMILES string of the molecule is Cc1ccc(CC(Cc2ccccc2Cl)NN)c(Cl)c1. The Labute approximate surface area is 129 Å². The molecular weight excluding hydrogens is 291 g/mol. The maximum atomic E-state index is 6.27. The van der Waals surface area contributed by atoms with E-state index in [2.05, 4.69) is 17.6 Å². The summed E-state index contributed by atoms with van der Waals surface area (Å²) in [7, 11) is 0. The predicted molar refractivity (Wildman–Crippen MR) is 86.2 cm³/mol. The second-order valence-corrected chi connectivity index (χ2v) is 5.77. The third-order valence-corrected chi connectivity index (χ3v) is 4.06. The topological polar surface area (TPSA) is 38.0 Å². The summed E-state index contributed by atoms with van der Waals surface area (Å²) in [5.41, 5.74) is 6.18. The van der Waals surface area contributed by atoms with Gasteiger partial charge in [0.25, 0.3) is 0 Å². The lowest BCUT2D eigenvalue weighted by atomic mass is 9.99. The number of hydrogen-bond donors (Lipinski definition) is 2. The Morgan fingerprint density at radius 3 is 2.25 bits per heavy atom. The third-order valence-electron chi connectivity index (χ3n) is 3.33. The first-order valence-electron chi connectivity index (χ1n) is 6.54. The molecule has 0 aliphatic carbocycles. The van der Waals surface area contributed by atoms with E-state index < -0.39 is 0 Å². The number of benzene rings is 2. The predicted octanol–water partition coefficient (Wildman–Crippen LogP) is 3.92. The minimum absolute atomic E-state index is 0.0927. The molecule has 0 bridgehead atoms. The molecule has 0 fully saturated rings. The molecule has 2 nitrogen and oxygen atoms in total. The van der Waals surface area contributed by atoms with Crippen molar-refractivity contribution in [3.8, 4) is 0 Å². The molecule has 0 aliphatic rings. The van der Waals surface area contributed by atoms with Crippen LogP contribution < -0.4 is 11.3 Å². The van der Waals surface area contributed by atoms with Crippen LogP contribution in [0.3, 0.4) is 0 Å². The molecule has 0 aliphatic heterocycles. The van der Waals surface area contributed by atoms with E-state index in [4.69, 9.17) is 29.0 Å². The van der Waals surface area contributed by atoms with Crippen molar-refractivity contribution in [1.29, 1.82) is 0 Å². The van der Waals surface area contributed by atoms with E-state index in [-0.39, 0.29) is 6.04 Å². The smallest absolute Gasteiger partial charge is 0.0441 e. The van der Waals surface area contributed by atoms with Gasteiger partial charge in [-0.2, -0.15) is 0 Å². The molecule has 2 aromatic carbocycles. The lowest BCUT2D eigenvalue weighted by molar-refractivity contribution is 0.522. The van der Waals surface area contributed by atoms with Crippen LogP contribution in [0.1, 0.15) is 16.7 Å². The van der Waals surface area contributed by atoms with Gasteiger partial charge >= 0.3 is 0 Å². The summed E-state index contributed by atoms with van der Waals surface area (Å²) in [6.45, 7) is 2.03. The van der Waals surface area contributed by atoms with Gasteiger partial charge in [0.05, 0.1) is 0 Å². The second-order valence-electron chi connectivity index (χ2n) is 4.96. The molecule has 106 valence electrons. The van der Waals surface area contributed by atoms with Gasteiger partial charge in [-0.15, -0.1) is 0 Å². The molecule has 1 unspecified atom stereocenters. The Hall–Kier alpha value is -1.06. The van der Waals surface area contributed by atoms with Gasteiger partial charge in [0.1, 0.15) is 0 Å². The number of aryl methyl sites for hydroxylation is 1. The van der Waals surface area contributed by atoms with Crippen LogP contribution in [0.5, 0.6) is 0 Å². The Morgan fingerprint density at radius 2 is 1.65 bits per heavy atom. The van der Waals surface area contributed by atoms with Crippen molar-refractivity contribution in [2.75, 3.05) is 0 Å². The van der Waals surface area contributed by atoms with Crippen molar-refractivity contribution in [3.63, 3.8) is 0 Å². The summed E-state index contributed by atoms with van der Waals surface area (Å²) < 4.78 is 0. The quantitative estimate of drug-likeness (QED) is 0.649. The highest BCUT2D eigenvalue weighted by Crippen LogP contribution is 2.22. The van der Waals surface area contributed by atoms with Crippen LogP contribution in [0, 0.1) is 6.92 Å². The van der Waals surface area contributed by atoms with E-state index in [0.29, 0.717) is 0 Å². The number of nitrogens with two attached hydrogens (primary N) is 1. The first kappa shape index (κ1) is 15.3. The highest BCUT2D eigenvalue weighted by atomic mass is 35.5. The van der Waals surface area contributed by atoms with Crippen LogP contribution in [0.2, 0.25) is 10.0 Å². The minimum atomic E-state index is 0.0927. The summed E-state index contributed by atoms with van der Waals surface area (Å²) in [6, 6.07) is 14.0. The van der Waals surface area contributed by atoms with E-state index in [1.54, 1.807) is 0 Å². The summed E-state index contributed by atoms with van der Waals surface area (Å²) in [5, 5.41) is 1.55. The van der Waals surface area contributed by atoms with Gasteiger partial charge in [-0.3, -0.25) is 11.3 Å². The standard InChI is InChI=1S/C16H18Cl2N2/c1-11-6-7-13(16(18)8-11)10-14(20-19)9-12-4-2-3-5-15(12)17/h2-8,14,20H,9-10,19H2,1H3. The van der Waals surface area contributed by atoms with Gasteiger partial charge in [-0.25, -0.2) is 0 Å². The highest BCUT2D eigenvalue weighted by molar-refractivity contribution is 6.31. The fourth-order valence-corrected chi connectivity index (χ4v) is 2.73. The fourth-order valence-electron chi connectivity index (χ4n) is 2.20. The molecule has 2 rings (SSSR count). The maximum Gasteiger partial charge on any atom is 0.0441 e. The van der Waals surface area contributed by atoms with Gasteiger partial charge in [-0.1, -0.05) is 53.5 Å². The fraction of sp³-hybridized carbons (Fsp3) is 0.250. The first-order valence-corrected chi connectivity index (χ1v) is 7.30. The van der Waals surface area contributed by atoms with Crippen molar-refractivity contribution >= 4 is 23.2 Å². The highest BCUT2D eigenvalue weighted by Gasteiger charge is 2.12. The average molecular weight is 309 g/mol. The number of halogens is 2. The zero-order valence-corrected chi connectivity index (χ0v) is 12.9. The summed E-state index contributed by atoms with van der Waals surface area (Å²) >= 11 is 12.5. The number of hydrazine groups is 1. The van der Waals surface area contributed by atoms with Crippen molar-refractivity contribution in [1.82, 2.24) is 5.43 Å². The Balaban J connectivity index is 2.11. The first-order chi connectivity index (χ1) is 9.60. The van der Waals surface area contributed by atoms with Crippen LogP contribution >= 0.6 is 23.2 Å². The van der Waals surface area contributed by atoms with Crippen molar-refractivity contribution in [2.45, 2.75) is 25.8 Å². The van der Waals surface area contributed by atoms with Crippen LogP contribution in [-0.2, 0) is 12.8 Å². The molecule has 0 amide bonds. The van der Waals surface area contributed by atoms with Crippen molar-refractivity contribution < 1.29 is 0 Å². The van der Waals surface area contributed by atoms with E-state index in [1.807, 2.05) is 37.3 Å². The largest absolute Gasteiger partial charge is 0.271 e. The van der Waals surface area contributed by atoms with Gasteiger partial charge in [0.2, 0.25) is 0 Å². The zero-order valence-electron chi connectivity index (χ0n) is 11.4. The third kappa shape index (κ3) is 3.97. The molecule has 0 spiro atoms. The lowest BCUT2D eigenvalue weighted by Crippen LogP contribution is -2.38. The van der Waals surface area contributed by atoms with E-state index in [9.17, 15) is 0 Å². The van der Waals surface area contributed by atoms with Crippen LogP contribution in [0.15, 0.2) is 42.5 Å². The van der Waals surface area contributed by atoms with Gasteiger partial charge in [0.15, 0.2) is 0 Å². The molecule has 4 heteroatoms. The lowest BCUT2D eigenvalue weighted by Gasteiger charge is -2.17. The Kier molecular flexibility index (Phi) is 5.44. The van der Waals surface area contributed by atoms with E-state index in [0.717, 1.165) is 39.6 Å². The summed E-state index contributed by atoms with van der Waals surface area (Å²) in [6.07, 6.45) is 1.53. The zero-order chi connectivity index (χ0) is 14.5. The summed E-state index contributed by atoms with van der Waals surface area (Å²) in [4.78, 5) is 0. The molecule has 20 heavy (non-hydrogen) atoms. The van der Waals surface area contributed by atoms with Gasteiger partial charge in [-0.05, 0) is 48.6 Å². The van der Waals surface area contributed by atoms with Crippen LogP contribution in [0.25, 0.3) is 0 Å². The molecule has 3 N–H and O–H groups in total. The Bertz CT molecular complexity index is 584. The summed E-state index contributed by atoms with van der Waals surface area (Å²) in [5.74, 6) is 5.66. The molecule has 0 radical (unpaired) electrons. The van der Waals surface area contributed by atoms with Crippen LogP contribution in [-0.4, -0.2) is 6.04 Å². The molecule has 0 saturated carbocycles. The number of rotatable bonds is 5. The molecular formula is C16H18Cl2N2. The molecule has 0 heterocycles. The van der Waals surface area contributed by atoms with E-state index in [1.165, 1.54) is 0 Å². The van der Waals surface area contributed by atoms with Gasteiger partial charge < -0.3 is 0 Å². The van der Waals surface area contributed by atoms with Gasteiger partial charge in [0, 0.05) is 16.1 Å². The van der Waals surface area contributed by atoms with E-state index >= 15 is 0 Å². The molecule has 2 aromatic rings. The van der Waals surface area contributed by atoms with Crippen molar-refractivity contribution in [3.05, 3.63) is 69.2 Å². The molecule has 1 atom stereocenters. The maximum absolute atomic E-state index is 6.27. The minimum Gasteiger partial charge on any atom is -0.271 e. The number of nitrogens with one attached hydrogen (secondary N) is 1.